The minimum absolute atomic E-state index is 0. The van der Waals surface area contributed by atoms with Gasteiger partial charge in [0.1, 0.15) is 0 Å². The minimum Gasteiger partial charge on any atom is -0.355 e. The van der Waals surface area contributed by atoms with Gasteiger partial charge in [-0.1, -0.05) is 36.2 Å². The SMILES string of the molecule is CNCCNC(=O)C(C)Cc1ccc(Cl)cc1Cl.Cl. The van der Waals surface area contributed by atoms with E-state index in [0.29, 0.717) is 23.0 Å². The van der Waals surface area contributed by atoms with Crippen molar-refractivity contribution >= 4 is 41.5 Å². The molecular formula is C13H19Cl3N2O. The lowest BCUT2D eigenvalue weighted by molar-refractivity contribution is -0.124. The predicted molar refractivity (Wildman–Crippen MR) is 83.5 cm³/mol. The second kappa shape index (κ2) is 9.43. The second-order valence-corrected chi connectivity index (χ2v) is 5.08. The summed E-state index contributed by atoms with van der Waals surface area (Å²) >= 11 is 11.9. The molecule has 6 heteroatoms. The van der Waals surface area contributed by atoms with Gasteiger partial charge >= 0.3 is 0 Å². The Balaban J connectivity index is 0.00000324. The van der Waals surface area contributed by atoms with Crippen LogP contribution in [-0.2, 0) is 11.2 Å². The Labute approximate surface area is 130 Å². The molecule has 0 saturated carbocycles. The van der Waals surface area contributed by atoms with Crippen LogP contribution in [0.15, 0.2) is 18.2 Å². The van der Waals surface area contributed by atoms with Crippen LogP contribution in [0.4, 0.5) is 0 Å². The molecule has 1 rings (SSSR count). The monoisotopic (exact) mass is 324 g/mol. The normalized spacial score (nSPS) is 11.6. The van der Waals surface area contributed by atoms with Crippen LogP contribution >= 0.6 is 35.6 Å². The molecule has 1 aromatic rings. The Bertz CT molecular complexity index is 413. The molecule has 19 heavy (non-hydrogen) atoms. The quantitative estimate of drug-likeness (QED) is 0.790. The van der Waals surface area contributed by atoms with Crippen LogP contribution in [0.1, 0.15) is 12.5 Å². The van der Waals surface area contributed by atoms with Crippen molar-refractivity contribution in [1.82, 2.24) is 10.6 Å². The number of amides is 1. The average molecular weight is 326 g/mol. The summed E-state index contributed by atoms with van der Waals surface area (Å²) in [6, 6.07) is 5.35. The summed E-state index contributed by atoms with van der Waals surface area (Å²) in [5.74, 6) is -0.0724. The zero-order valence-corrected chi connectivity index (χ0v) is 13.3. The summed E-state index contributed by atoms with van der Waals surface area (Å²) in [6.07, 6.45) is 0.612. The van der Waals surface area contributed by atoms with E-state index in [4.69, 9.17) is 23.2 Å². The van der Waals surface area contributed by atoms with Crippen molar-refractivity contribution in [1.29, 1.82) is 0 Å². The number of carbonyl (C=O) groups excluding carboxylic acids is 1. The summed E-state index contributed by atoms with van der Waals surface area (Å²) in [5, 5.41) is 7.06. The van der Waals surface area contributed by atoms with Gasteiger partial charge in [-0.25, -0.2) is 0 Å². The summed E-state index contributed by atoms with van der Waals surface area (Å²) in [5.41, 5.74) is 0.942. The summed E-state index contributed by atoms with van der Waals surface area (Å²) in [6.45, 7) is 3.29. The molecule has 0 aliphatic heterocycles. The van der Waals surface area contributed by atoms with E-state index in [-0.39, 0.29) is 24.2 Å². The van der Waals surface area contributed by atoms with Gasteiger partial charge in [0.05, 0.1) is 0 Å². The number of benzene rings is 1. The molecule has 3 nitrogen and oxygen atoms in total. The van der Waals surface area contributed by atoms with E-state index in [1.807, 2.05) is 20.0 Å². The Hall–Kier alpha value is -0.480. The van der Waals surface area contributed by atoms with Gasteiger partial charge < -0.3 is 10.6 Å². The van der Waals surface area contributed by atoms with Gasteiger partial charge in [-0.3, -0.25) is 4.79 Å². The van der Waals surface area contributed by atoms with Crippen molar-refractivity contribution in [2.75, 3.05) is 20.1 Å². The fraction of sp³-hybridized carbons (Fsp3) is 0.462. The highest BCUT2D eigenvalue weighted by Gasteiger charge is 2.14. The first-order valence-corrected chi connectivity index (χ1v) is 6.66. The molecule has 108 valence electrons. The third-order valence-electron chi connectivity index (χ3n) is 2.66. The van der Waals surface area contributed by atoms with Crippen molar-refractivity contribution in [3.8, 4) is 0 Å². The van der Waals surface area contributed by atoms with E-state index >= 15 is 0 Å². The zero-order chi connectivity index (χ0) is 13.5. The third-order valence-corrected chi connectivity index (χ3v) is 3.25. The molecule has 0 fully saturated rings. The smallest absolute Gasteiger partial charge is 0.223 e. The maximum absolute atomic E-state index is 11.8. The standard InChI is InChI=1S/C13H18Cl2N2O.ClH/c1-9(13(18)17-6-5-16-2)7-10-3-4-11(14)8-12(10)15;/h3-4,8-9,16H,5-7H2,1-2H3,(H,17,18);1H. The lowest BCUT2D eigenvalue weighted by atomic mass is 10.0. The summed E-state index contributed by atoms with van der Waals surface area (Å²) in [4.78, 5) is 11.8. The van der Waals surface area contributed by atoms with E-state index in [9.17, 15) is 4.79 Å². The topological polar surface area (TPSA) is 41.1 Å². The molecule has 0 saturated heterocycles. The van der Waals surface area contributed by atoms with Crippen LogP contribution in [0.25, 0.3) is 0 Å². The number of carbonyl (C=O) groups is 1. The van der Waals surface area contributed by atoms with Crippen LogP contribution in [0.3, 0.4) is 0 Å². The number of hydrogen-bond acceptors (Lipinski definition) is 2. The number of hydrogen-bond donors (Lipinski definition) is 2. The van der Waals surface area contributed by atoms with E-state index < -0.39 is 0 Å². The first-order chi connectivity index (χ1) is 8.54. The van der Waals surface area contributed by atoms with Crippen LogP contribution in [-0.4, -0.2) is 26.0 Å². The molecule has 1 amide bonds. The molecule has 0 heterocycles. The maximum Gasteiger partial charge on any atom is 0.223 e. The summed E-state index contributed by atoms with van der Waals surface area (Å²) in [7, 11) is 1.85. The Morgan fingerprint density at radius 2 is 2.00 bits per heavy atom. The van der Waals surface area contributed by atoms with Crippen LogP contribution in [0.2, 0.25) is 10.0 Å². The van der Waals surface area contributed by atoms with Gasteiger partial charge in [-0.2, -0.15) is 0 Å². The van der Waals surface area contributed by atoms with Crippen LogP contribution < -0.4 is 10.6 Å². The number of nitrogens with one attached hydrogen (secondary N) is 2. The van der Waals surface area contributed by atoms with E-state index in [1.165, 1.54) is 0 Å². The van der Waals surface area contributed by atoms with Gasteiger partial charge in [0.15, 0.2) is 0 Å². The van der Waals surface area contributed by atoms with Crippen molar-refractivity contribution in [2.45, 2.75) is 13.3 Å². The highest BCUT2D eigenvalue weighted by atomic mass is 35.5. The molecule has 0 aliphatic carbocycles. The van der Waals surface area contributed by atoms with E-state index in [0.717, 1.165) is 12.1 Å². The Morgan fingerprint density at radius 1 is 1.32 bits per heavy atom. The van der Waals surface area contributed by atoms with Gasteiger partial charge in [0.2, 0.25) is 5.91 Å². The van der Waals surface area contributed by atoms with Crippen molar-refractivity contribution in [3.63, 3.8) is 0 Å². The van der Waals surface area contributed by atoms with Crippen molar-refractivity contribution in [2.24, 2.45) is 5.92 Å². The predicted octanol–water partition coefficient (Wildman–Crippen LogP) is 2.93. The van der Waals surface area contributed by atoms with E-state index in [1.54, 1.807) is 12.1 Å². The number of rotatable bonds is 6. The highest BCUT2D eigenvalue weighted by molar-refractivity contribution is 6.35. The fourth-order valence-corrected chi connectivity index (χ4v) is 2.08. The molecule has 0 radical (unpaired) electrons. The molecule has 1 atom stereocenters. The number of halogens is 3. The molecular weight excluding hydrogens is 307 g/mol. The number of likely N-dealkylation sites (N-methyl/N-ethyl adjacent to an activating group) is 1. The molecule has 0 aliphatic rings. The van der Waals surface area contributed by atoms with Gasteiger partial charge in [0, 0.05) is 29.1 Å². The largest absolute Gasteiger partial charge is 0.355 e. The minimum atomic E-state index is -0.111. The van der Waals surface area contributed by atoms with Gasteiger partial charge in [0.25, 0.3) is 0 Å². The molecule has 2 N–H and O–H groups in total. The van der Waals surface area contributed by atoms with Gasteiger partial charge in [-0.15, -0.1) is 12.4 Å². The molecule has 0 bridgehead atoms. The lowest BCUT2D eigenvalue weighted by Gasteiger charge is -2.13. The molecule has 1 unspecified atom stereocenters. The third kappa shape index (κ3) is 6.48. The highest BCUT2D eigenvalue weighted by Crippen LogP contribution is 2.23. The Kier molecular flexibility index (Phi) is 9.19. The van der Waals surface area contributed by atoms with Crippen molar-refractivity contribution in [3.05, 3.63) is 33.8 Å². The second-order valence-electron chi connectivity index (χ2n) is 4.24. The molecule has 1 aromatic carbocycles. The molecule has 0 aromatic heterocycles. The maximum atomic E-state index is 11.8. The molecule has 0 spiro atoms. The summed E-state index contributed by atoms with van der Waals surface area (Å²) < 4.78 is 0. The zero-order valence-electron chi connectivity index (χ0n) is 11.0. The van der Waals surface area contributed by atoms with E-state index in [2.05, 4.69) is 10.6 Å². The lowest BCUT2D eigenvalue weighted by Crippen LogP contribution is -2.34. The van der Waals surface area contributed by atoms with Crippen molar-refractivity contribution < 1.29 is 4.79 Å². The van der Waals surface area contributed by atoms with Gasteiger partial charge in [-0.05, 0) is 31.2 Å². The first kappa shape index (κ1) is 18.5. The average Bonchev–Trinajstić information content (AvgIpc) is 2.32. The Morgan fingerprint density at radius 3 is 2.58 bits per heavy atom. The van der Waals surface area contributed by atoms with Crippen LogP contribution in [0.5, 0.6) is 0 Å². The first-order valence-electron chi connectivity index (χ1n) is 5.91. The fourth-order valence-electron chi connectivity index (χ4n) is 1.59. The van der Waals surface area contributed by atoms with Crippen LogP contribution in [0, 0.1) is 5.92 Å².